The van der Waals surface area contributed by atoms with E-state index in [4.69, 9.17) is 23.9 Å². The Bertz CT molecular complexity index is 1490. The van der Waals surface area contributed by atoms with Gasteiger partial charge in [0.05, 0.1) is 50.2 Å². The van der Waals surface area contributed by atoms with E-state index in [1.54, 1.807) is 11.3 Å². The summed E-state index contributed by atoms with van der Waals surface area (Å²) >= 11 is 1.73. The highest BCUT2D eigenvalue weighted by Gasteiger charge is 2.34. The average Bonchev–Trinajstić information content (AvgIpc) is 3.45. The minimum absolute atomic E-state index is 0.141. The zero-order chi connectivity index (χ0) is 38.6. The number of nitrogens with one attached hydrogen (secondary N) is 1. The molecule has 1 N–H and O–H groups in total. The number of likely N-dealkylation sites (N-methyl/N-ethyl adjacent to an activating group) is 1. The van der Waals surface area contributed by atoms with Crippen molar-refractivity contribution in [1.29, 1.82) is 0 Å². The van der Waals surface area contributed by atoms with E-state index in [2.05, 4.69) is 50.2 Å². The Labute approximate surface area is 327 Å². The SMILES string of the molecule is CCCCCCCCCC(=O)OC[C@@H](COC(=O)OC[N+]1(C)CCN(C2=Nc3ccccc3Nc3sc(C)cc32)CC1)OC(=O)CCCCCCCCC. The van der Waals surface area contributed by atoms with Crippen LogP contribution in [0, 0.1) is 6.92 Å². The largest absolute Gasteiger partial charge is 0.512 e. The van der Waals surface area contributed by atoms with Crippen molar-refractivity contribution in [2.75, 3.05) is 58.5 Å². The number of hydrogen-bond donors (Lipinski definition) is 1. The summed E-state index contributed by atoms with van der Waals surface area (Å²) in [5, 5.41) is 4.66. The number of piperazine rings is 1. The summed E-state index contributed by atoms with van der Waals surface area (Å²) in [5.41, 5.74) is 3.00. The summed E-state index contributed by atoms with van der Waals surface area (Å²) in [6.07, 6.45) is 14.2. The molecule has 0 saturated carbocycles. The van der Waals surface area contributed by atoms with Crippen molar-refractivity contribution in [1.82, 2.24) is 4.90 Å². The van der Waals surface area contributed by atoms with Crippen LogP contribution in [0.3, 0.4) is 0 Å². The third-order valence-corrected chi connectivity index (χ3v) is 11.1. The van der Waals surface area contributed by atoms with E-state index in [9.17, 15) is 14.4 Å². The second-order valence-corrected chi connectivity index (χ2v) is 16.4. The minimum Gasteiger partial charge on any atom is -0.462 e. The fourth-order valence-electron chi connectivity index (χ4n) is 6.76. The highest BCUT2D eigenvalue weighted by Crippen LogP contribution is 2.39. The number of aryl methyl sites for hydroxylation is 1. The van der Waals surface area contributed by atoms with E-state index in [1.807, 2.05) is 18.2 Å². The van der Waals surface area contributed by atoms with Crippen molar-refractivity contribution in [2.24, 2.45) is 4.99 Å². The summed E-state index contributed by atoms with van der Waals surface area (Å²) in [4.78, 5) is 46.6. The molecule has 11 nitrogen and oxygen atoms in total. The van der Waals surface area contributed by atoms with Crippen molar-refractivity contribution in [3.05, 3.63) is 40.8 Å². The molecule has 54 heavy (non-hydrogen) atoms. The molecular formula is C42H65N4O7S+. The lowest BCUT2D eigenvalue weighted by molar-refractivity contribution is -0.929. The monoisotopic (exact) mass is 769 g/mol. The number of anilines is 2. The van der Waals surface area contributed by atoms with Gasteiger partial charge in [0.25, 0.3) is 0 Å². The lowest BCUT2D eigenvalue weighted by atomic mass is 10.1. The van der Waals surface area contributed by atoms with E-state index >= 15 is 0 Å². The number of thiophene rings is 1. The second kappa shape index (κ2) is 23.3. The topological polar surface area (TPSA) is 116 Å². The molecule has 0 bridgehead atoms. The van der Waals surface area contributed by atoms with Crippen molar-refractivity contribution < 1.29 is 37.8 Å². The lowest BCUT2D eigenvalue weighted by Crippen LogP contribution is -2.59. The van der Waals surface area contributed by atoms with Crippen molar-refractivity contribution >= 4 is 51.6 Å². The molecule has 0 spiro atoms. The molecule has 0 radical (unpaired) electrons. The molecule has 4 rings (SSSR count). The molecule has 0 amide bonds. The van der Waals surface area contributed by atoms with Crippen molar-refractivity contribution in [3.63, 3.8) is 0 Å². The van der Waals surface area contributed by atoms with Gasteiger partial charge in [-0.05, 0) is 38.0 Å². The number of benzene rings is 1. The lowest BCUT2D eigenvalue weighted by Gasteiger charge is -2.41. The zero-order valence-electron chi connectivity index (χ0n) is 33.3. The normalized spacial score (nSPS) is 15.2. The van der Waals surface area contributed by atoms with Crippen LogP contribution in [0.4, 0.5) is 21.2 Å². The Morgan fingerprint density at radius 3 is 2.07 bits per heavy atom. The number of fused-ring (bicyclic) bond motifs is 2. The van der Waals surface area contributed by atoms with Crippen LogP contribution < -0.4 is 5.32 Å². The maximum absolute atomic E-state index is 12.8. The number of para-hydroxylation sites is 2. The van der Waals surface area contributed by atoms with Crippen molar-refractivity contribution in [3.8, 4) is 0 Å². The number of carbonyl (C=O) groups excluding carboxylic acids is 3. The smallest absolute Gasteiger partial charge is 0.462 e. The van der Waals surface area contributed by atoms with Crippen LogP contribution in [0.5, 0.6) is 0 Å². The number of nitrogens with zero attached hydrogens (tertiary/aromatic N) is 3. The van der Waals surface area contributed by atoms with Crippen molar-refractivity contribution in [2.45, 2.75) is 130 Å². The number of carbonyl (C=O) groups is 3. The first-order valence-corrected chi connectivity index (χ1v) is 21.3. The fraction of sp³-hybridized carbons (Fsp3) is 0.667. The van der Waals surface area contributed by atoms with Crippen LogP contribution in [-0.2, 0) is 28.5 Å². The summed E-state index contributed by atoms with van der Waals surface area (Å²) in [6, 6.07) is 10.3. The second-order valence-electron chi connectivity index (χ2n) is 15.1. The van der Waals surface area contributed by atoms with Crippen LogP contribution in [0.2, 0.25) is 0 Å². The number of hydrogen-bond acceptors (Lipinski definition) is 11. The van der Waals surface area contributed by atoms with Gasteiger partial charge in [-0.15, -0.1) is 11.3 Å². The van der Waals surface area contributed by atoms with Gasteiger partial charge in [-0.1, -0.05) is 103 Å². The number of rotatable bonds is 23. The van der Waals surface area contributed by atoms with Gasteiger partial charge in [0, 0.05) is 17.7 Å². The van der Waals surface area contributed by atoms with Gasteiger partial charge >= 0.3 is 18.1 Å². The van der Waals surface area contributed by atoms with E-state index in [0.29, 0.717) is 10.9 Å². The highest BCUT2D eigenvalue weighted by atomic mass is 32.1. The Hall–Kier alpha value is -3.64. The van der Waals surface area contributed by atoms with Gasteiger partial charge in [-0.3, -0.25) is 14.1 Å². The molecule has 0 unspecified atom stereocenters. The molecule has 1 fully saturated rings. The van der Waals surface area contributed by atoms with Crippen LogP contribution in [0.25, 0.3) is 0 Å². The highest BCUT2D eigenvalue weighted by molar-refractivity contribution is 7.16. The van der Waals surface area contributed by atoms with Gasteiger partial charge in [-0.2, -0.15) is 0 Å². The van der Waals surface area contributed by atoms with Crippen LogP contribution in [-0.4, -0.2) is 92.6 Å². The third kappa shape index (κ3) is 14.9. The van der Waals surface area contributed by atoms with Gasteiger partial charge < -0.3 is 29.2 Å². The number of quaternary nitrogens is 1. The third-order valence-electron chi connectivity index (χ3n) is 10.2. The van der Waals surface area contributed by atoms with Crippen LogP contribution >= 0.6 is 11.3 Å². The quantitative estimate of drug-likeness (QED) is 0.0511. The molecule has 2 aliphatic rings. The molecule has 12 heteroatoms. The van der Waals surface area contributed by atoms with Crippen LogP contribution in [0.15, 0.2) is 35.3 Å². The Morgan fingerprint density at radius 1 is 0.815 bits per heavy atom. The molecule has 2 aliphatic heterocycles. The van der Waals surface area contributed by atoms with Gasteiger partial charge in [-0.25, -0.2) is 9.79 Å². The van der Waals surface area contributed by atoms with E-state index in [-0.39, 0.29) is 38.3 Å². The molecule has 2 aromatic rings. The summed E-state index contributed by atoms with van der Waals surface area (Å²) in [7, 11) is 2.07. The molecule has 1 aromatic carbocycles. The maximum Gasteiger partial charge on any atom is 0.512 e. The summed E-state index contributed by atoms with van der Waals surface area (Å²) < 4.78 is 22.7. The first-order chi connectivity index (χ1) is 26.2. The summed E-state index contributed by atoms with van der Waals surface area (Å²) in [6.45, 7) is 9.20. The predicted octanol–water partition coefficient (Wildman–Crippen LogP) is 9.80. The van der Waals surface area contributed by atoms with E-state index < -0.39 is 12.3 Å². The average molecular weight is 770 g/mol. The first-order valence-electron chi connectivity index (χ1n) is 20.5. The molecule has 0 aliphatic carbocycles. The molecule has 1 saturated heterocycles. The Kier molecular flexibility index (Phi) is 18.6. The number of esters is 2. The number of aliphatic imine (C=N–C) groups is 1. The van der Waals surface area contributed by atoms with Gasteiger partial charge in [0.15, 0.2) is 6.10 Å². The molecule has 3 heterocycles. The fourth-order valence-corrected chi connectivity index (χ4v) is 7.68. The minimum atomic E-state index is -0.897. The van der Waals surface area contributed by atoms with E-state index in [0.717, 1.165) is 92.5 Å². The molecular weight excluding hydrogens is 705 g/mol. The maximum atomic E-state index is 12.8. The first kappa shape index (κ1) is 43.1. The molecule has 300 valence electrons. The summed E-state index contributed by atoms with van der Waals surface area (Å²) in [5.74, 6) is 0.234. The number of unbranched alkanes of at least 4 members (excludes halogenated alkanes) is 12. The van der Waals surface area contributed by atoms with Gasteiger partial charge in [0.2, 0.25) is 6.73 Å². The Balaban J connectivity index is 1.23. The van der Waals surface area contributed by atoms with Crippen LogP contribution in [0.1, 0.15) is 127 Å². The van der Waals surface area contributed by atoms with E-state index in [1.165, 1.54) is 56.2 Å². The number of amidine groups is 1. The zero-order valence-corrected chi connectivity index (χ0v) is 34.2. The predicted molar refractivity (Wildman–Crippen MR) is 216 cm³/mol. The van der Waals surface area contributed by atoms with Gasteiger partial charge in [0.1, 0.15) is 24.1 Å². The number of ether oxygens (including phenoxy) is 4. The Morgan fingerprint density at radius 2 is 1.41 bits per heavy atom. The standard InChI is InChI=1S/C42H65N4O7S/c1-5-7-9-11-13-15-17-23-38(47)50-30-34(53-39(48)24-18-16-14-12-10-8-6-2)31-51-42(49)52-32-46(4)27-25-45(26-28-46)40-35-29-33(3)54-41(35)44-37-22-20-19-21-36(37)43-40/h19-22,29,34,44H,5-18,23-28,30-32H2,1-4H3/q+1/t34-/m0/s1. The molecule has 1 atom stereocenters. The molecule has 1 aromatic heterocycles.